The first-order valence-corrected chi connectivity index (χ1v) is 4.75. The smallest absolute Gasteiger partial charge is 0.328 e. The van der Waals surface area contributed by atoms with E-state index < -0.39 is 22.4 Å². The standard InChI is InChI=1S/C9H5BrFNO4/c10-9-5(1-2-8(13)14)3-6(12(15)16)4-7(9)11/h1-4H,(H,13,14)/b2-1+. The molecule has 0 saturated heterocycles. The van der Waals surface area contributed by atoms with Crippen molar-refractivity contribution < 1.29 is 19.2 Å². The number of carboxylic acid groups (broad SMARTS) is 1. The molecule has 84 valence electrons. The molecule has 0 atom stereocenters. The van der Waals surface area contributed by atoms with Crippen LogP contribution in [0.2, 0.25) is 0 Å². The summed E-state index contributed by atoms with van der Waals surface area (Å²) in [6.45, 7) is 0. The van der Waals surface area contributed by atoms with Gasteiger partial charge in [0, 0.05) is 12.1 Å². The lowest BCUT2D eigenvalue weighted by atomic mass is 10.2. The predicted molar refractivity (Wildman–Crippen MR) is 57.4 cm³/mol. The van der Waals surface area contributed by atoms with Crippen molar-refractivity contribution in [2.75, 3.05) is 0 Å². The molecule has 0 heterocycles. The summed E-state index contributed by atoms with van der Waals surface area (Å²) in [6, 6.07) is 1.83. The van der Waals surface area contributed by atoms with E-state index in [1.807, 2.05) is 0 Å². The molecule has 7 heteroatoms. The van der Waals surface area contributed by atoms with E-state index in [0.717, 1.165) is 24.3 Å². The Hall–Kier alpha value is -1.76. The molecule has 1 aromatic rings. The average molecular weight is 290 g/mol. The summed E-state index contributed by atoms with van der Waals surface area (Å²) >= 11 is 2.87. The van der Waals surface area contributed by atoms with Gasteiger partial charge in [-0.3, -0.25) is 10.1 Å². The second-order valence-electron chi connectivity index (χ2n) is 2.76. The van der Waals surface area contributed by atoms with E-state index in [2.05, 4.69) is 15.9 Å². The number of nitro benzene ring substituents is 1. The van der Waals surface area contributed by atoms with E-state index in [1.165, 1.54) is 0 Å². The number of nitro groups is 1. The topological polar surface area (TPSA) is 80.4 Å². The van der Waals surface area contributed by atoms with Crippen molar-refractivity contribution in [1.29, 1.82) is 0 Å². The Morgan fingerprint density at radius 2 is 2.19 bits per heavy atom. The van der Waals surface area contributed by atoms with Crippen LogP contribution in [0.25, 0.3) is 6.08 Å². The van der Waals surface area contributed by atoms with Crippen LogP contribution in [0.15, 0.2) is 22.7 Å². The fourth-order valence-corrected chi connectivity index (χ4v) is 1.34. The number of nitrogens with zero attached hydrogens (tertiary/aromatic N) is 1. The van der Waals surface area contributed by atoms with Crippen molar-refractivity contribution in [1.82, 2.24) is 0 Å². The lowest BCUT2D eigenvalue weighted by Crippen LogP contribution is -1.93. The van der Waals surface area contributed by atoms with E-state index in [-0.39, 0.29) is 10.0 Å². The van der Waals surface area contributed by atoms with Gasteiger partial charge in [0.25, 0.3) is 5.69 Å². The Balaban J connectivity index is 3.27. The predicted octanol–water partition coefficient (Wildman–Crippen LogP) is 2.59. The average Bonchev–Trinajstić information content (AvgIpc) is 2.19. The monoisotopic (exact) mass is 289 g/mol. The Kier molecular flexibility index (Phi) is 3.73. The molecule has 1 aromatic carbocycles. The van der Waals surface area contributed by atoms with E-state index in [9.17, 15) is 19.3 Å². The maximum Gasteiger partial charge on any atom is 0.328 e. The molecule has 0 amide bonds. The molecule has 16 heavy (non-hydrogen) atoms. The summed E-state index contributed by atoms with van der Waals surface area (Å²) in [5.41, 5.74) is -0.347. The zero-order valence-corrected chi connectivity index (χ0v) is 9.27. The highest BCUT2D eigenvalue weighted by Crippen LogP contribution is 2.27. The Bertz CT molecular complexity index is 487. The summed E-state index contributed by atoms with van der Waals surface area (Å²) in [5.74, 6) is -2.04. The molecule has 1 N–H and O–H groups in total. The molecule has 0 saturated carbocycles. The number of benzene rings is 1. The minimum absolute atomic E-state index is 0.0180. The van der Waals surface area contributed by atoms with Gasteiger partial charge in [0.15, 0.2) is 0 Å². The maximum atomic E-state index is 13.2. The largest absolute Gasteiger partial charge is 0.478 e. The molecule has 0 bridgehead atoms. The van der Waals surface area contributed by atoms with Gasteiger partial charge in [-0.25, -0.2) is 9.18 Å². The van der Waals surface area contributed by atoms with Crippen LogP contribution in [-0.2, 0) is 4.79 Å². The quantitative estimate of drug-likeness (QED) is 0.527. The molecule has 0 radical (unpaired) electrons. The second-order valence-corrected chi connectivity index (χ2v) is 3.55. The lowest BCUT2D eigenvalue weighted by Gasteiger charge is -2.00. The van der Waals surface area contributed by atoms with Gasteiger partial charge >= 0.3 is 5.97 Å². The minimum atomic E-state index is -1.22. The number of hydrogen-bond acceptors (Lipinski definition) is 3. The first-order valence-electron chi connectivity index (χ1n) is 3.96. The van der Waals surface area contributed by atoms with Gasteiger partial charge in [-0.1, -0.05) is 0 Å². The molecule has 0 aromatic heterocycles. The maximum absolute atomic E-state index is 13.2. The number of aliphatic carboxylic acids is 1. The Morgan fingerprint density at radius 1 is 1.56 bits per heavy atom. The Labute approximate surface area is 97.5 Å². The number of carboxylic acids is 1. The molecular weight excluding hydrogens is 285 g/mol. The third-order valence-electron chi connectivity index (χ3n) is 1.66. The molecule has 5 nitrogen and oxygen atoms in total. The number of rotatable bonds is 3. The van der Waals surface area contributed by atoms with Crippen molar-refractivity contribution in [2.24, 2.45) is 0 Å². The molecule has 0 spiro atoms. The van der Waals surface area contributed by atoms with Gasteiger partial charge in [-0.15, -0.1) is 0 Å². The number of hydrogen-bond donors (Lipinski definition) is 1. The highest BCUT2D eigenvalue weighted by atomic mass is 79.9. The zero-order chi connectivity index (χ0) is 12.3. The van der Waals surface area contributed by atoms with Gasteiger partial charge in [0.2, 0.25) is 0 Å². The van der Waals surface area contributed by atoms with E-state index in [0.29, 0.717) is 0 Å². The van der Waals surface area contributed by atoms with E-state index in [4.69, 9.17) is 5.11 Å². The lowest BCUT2D eigenvalue weighted by molar-refractivity contribution is -0.385. The third-order valence-corrected chi connectivity index (χ3v) is 2.49. The first kappa shape index (κ1) is 12.3. The molecule has 0 unspecified atom stereocenters. The van der Waals surface area contributed by atoms with Gasteiger partial charge in [0.1, 0.15) is 5.82 Å². The van der Waals surface area contributed by atoms with Gasteiger partial charge in [0.05, 0.1) is 15.5 Å². The molecule has 1 rings (SSSR count). The zero-order valence-electron chi connectivity index (χ0n) is 7.68. The second kappa shape index (κ2) is 4.84. The third kappa shape index (κ3) is 2.86. The first-order chi connectivity index (χ1) is 7.41. The van der Waals surface area contributed by atoms with Gasteiger partial charge in [-0.05, 0) is 27.6 Å². The number of non-ortho nitro benzene ring substituents is 1. The molecular formula is C9H5BrFNO4. The van der Waals surface area contributed by atoms with Crippen molar-refractivity contribution in [3.8, 4) is 0 Å². The van der Waals surface area contributed by atoms with Crippen LogP contribution in [-0.4, -0.2) is 16.0 Å². The van der Waals surface area contributed by atoms with E-state index >= 15 is 0 Å². The van der Waals surface area contributed by atoms with Gasteiger partial charge in [-0.2, -0.15) is 0 Å². The van der Waals surface area contributed by atoms with Crippen molar-refractivity contribution in [2.45, 2.75) is 0 Å². The van der Waals surface area contributed by atoms with Crippen molar-refractivity contribution >= 4 is 33.7 Å². The van der Waals surface area contributed by atoms with Crippen molar-refractivity contribution in [3.05, 3.63) is 44.2 Å². The number of carbonyl (C=O) groups is 1. The Morgan fingerprint density at radius 3 is 2.69 bits per heavy atom. The van der Waals surface area contributed by atoms with Crippen LogP contribution in [0.4, 0.5) is 10.1 Å². The summed E-state index contributed by atoms with van der Waals surface area (Å²) in [7, 11) is 0. The molecule has 0 aliphatic heterocycles. The molecule has 0 aliphatic carbocycles. The summed E-state index contributed by atoms with van der Waals surface area (Å²) in [6.07, 6.45) is 1.84. The molecule has 0 aliphatic rings. The molecule has 0 fully saturated rings. The van der Waals surface area contributed by atoms with Crippen LogP contribution in [0.5, 0.6) is 0 Å². The SMILES string of the molecule is O=C(O)/C=C/c1cc([N+](=O)[O-])cc(F)c1Br. The fraction of sp³-hybridized carbons (Fsp3) is 0. The van der Waals surface area contributed by atoms with Crippen LogP contribution < -0.4 is 0 Å². The fourth-order valence-electron chi connectivity index (χ4n) is 0.983. The van der Waals surface area contributed by atoms with Crippen LogP contribution in [0.1, 0.15) is 5.56 Å². The summed E-state index contributed by atoms with van der Waals surface area (Å²) in [5, 5.41) is 18.8. The highest BCUT2D eigenvalue weighted by molar-refractivity contribution is 9.10. The van der Waals surface area contributed by atoms with Crippen LogP contribution in [0, 0.1) is 15.9 Å². The minimum Gasteiger partial charge on any atom is -0.478 e. The van der Waals surface area contributed by atoms with Crippen molar-refractivity contribution in [3.63, 3.8) is 0 Å². The van der Waals surface area contributed by atoms with E-state index in [1.54, 1.807) is 0 Å². The van der Waals surface area contributed by atoms with Crippen LogP contribution >= 0.6 is 15.9 Å². The van der Waals surface area contributed by atoms with Gasteiger partial charge < -0.3 is 5.11 Å². The number of halogens is 2. The van der Waals surface area contributed by atoms with Crippen LogP contribution in [0.3, 0.4) is 0 Å². The summed E-state index contributed by atoms with van der Waals surface area (Å²) in [4.78, 5) is 19.9. The summed E-state index contributed by atoms with van der Waals surface area (Å²) < 4.78 is 13.2. The highest BCUT2D eigenvalue weighted by Gasteiger charge is 2.13. The normalized spacial score (nSPS) is 10.6.